The Morgan fingerprint density at radius 3 is 1.76 bits per heavy atom. The van der Waals surface area contributed by atoms with Crippen molar-refractivity contribution in [1.82, 2.24) is 0 Å². The Bertz CT molecular complexity index is 810. The van der Waals surface area contributed by atoms with E-state index < -0.39 is 28.9 Å². The van der Waals surface area contributed by atoms with Crippen LogP contribution in [0.2, 0.25) is 0 Å². The molecule has 0 aliphatic carbocycles. The summed E-state index contributed by atoms with van der Waals surface area (Å²) in [5.41, 5.74) is -0.460. The van der Waals surface area contributed by atoms with E-state index in [1.54, 1.807) is 18.2 Å². The first-order valence-corrected chi connectivity index (χ1v) is 12.2. The number of aliphatic hydroxyl groups is 1. The lowest BCUT2D eigenvalue weighted by Gasteiger charge is -2.36. The molecule has 2 aromatic carbocycles. The van der Waals surface area contributed by atoms with Gasteiger partial charge >= 0.3 is 0 Å². The summed E-state index contributed by atoms with van der Waals surface area (Å²) >= 11 is 0. The third-order valence-electron chi connectivity index (χ3n) is 6.37. The Morgan fingerprint density at radius 1 is 0.727 bits per heavy atom. The van der Waals surface area contributed by atoms with Crippen molar-refractivity contribution in [3.8, 4) is 11.1 Å². The lowest BCUT2D eigenvalue weighted by molar-refractivity contribution is -0.0555. The van der Waals surface area contributed by atoms with Crippen LogP contribution in [0.15, 0.2) is 36.4 Å². The molecule has 0 saturated heterocycles. The second-order valence-corrected chi connectivity index (χ2v) is 9.39. The van der Waals surface area contributed by atoms with E-state index in [0.29, 0.717) is 17.9 Å². The Balaban J connectivity index is 0.000000330. The normalized spacial score (nSPS) is 11.6. The number of benzene rings is 2. The first kappa shape index (κ1) is 29.2. The van der Waals surface area contributed by atoms with Crippen LogP contribution in [0, 0.1) is 35.1 Å². The first-order chi connectivity index (χ1) is 15.6. The summed E-state index contributed by atoms with van der Waals surface area (Å²) in [5.74, 6) is -5.65. The van der Waals surface area contributed by atoms with Gasteiger partial charge in [-0.15, -0.1) is 0 Å². The number of hydrogen-bond acceptors (Lipinski definition) is 1. The van der Waals surface area contributed by atoms with Gasteiger partial charge in [0.1, 0.15) is 0 Å². The second-order valence-electron chi connectivity index (χ2n) is 9.39. The summed E-state index contributed by atoms with van der Waals surface area (Å²) in [6.07, 6.45) is 10.2. The smallest absolute Gasteiger partial charge is 0.198 e. The van der Waals surface area contributed by atoms with Crippen molar-refractivity contribution < 1.29 is 22.7 Å². The highest BCUT2D eigenvalue weighted by molar-refractivity contribution is 5.64. The van der Waals surface area contributed by atoms with Crippen LogP contribution in [0.1, 0.15) is 86.0 Å². The second kappa shape index (κ2) is 14.4. The summed E-state index contributed by atoms with van der Waals surface area (Å²) in [6, 6.07) is 8.47. The van der Waals surface area contributed by atoms with E-state index in [1.807, 2.05) is 0 Å². The van der Waals surface area contributed by atoms with Crippen molar-refractivity contribution in [1.29, 1.82) is 0 Å². The fourth-order valence-corrected chi connectivity index (χ4v) is 4.01. The molecule has 0 amide bonds. The summed E-state index contributed by atoms with van der Waals surface area (Å²) in [6.45, 7) is 10.8. The number of halogens is 4. The Hall–Kier alpha value is -1.88. The minimum Gasteiger partial charge on any atom is -0.389 e. The summed E-state index contributed by atoms with van der Waals surface area (Å²) in [7, 11) is 0. The highest BCUT2D eigenvalue weighted by atomic mass is 19.2. The molecule has 186 valence electrons. The van der Waals surface area contributed by atoms with E-state index in [0.717, 1.165) is 6.42 Å². The molecule has 0 aliphatic rings. The molecule has 0 fully saturated rings. The molecule has 2 aromatic rings. The number of unbranched alkanes of at least 4 members (excludes halogenated alkanes) is 6. The molecule has 0 aliphatic heterocycles. The number of hydrogen-bond donors (Lipinski definition) is 1. The molecule has 0 atom stereocenters. The average molecular weight is 469 g/mol. The Morgan fingerprint density at radius 2 is 1.24 bits per heavy atom. The molecule has 0 radical (unpaired) electrons. The van der Waals surface area contributed by atoms with Crippen LogP contribution in [0.25, 0.3) is 11.1 Å². The van der Waals surface area contributed by atoms with Gasteiger partial charge in [-0.2, -0.15) is 0 Å². The maximum Gasteiger partial charge on any atom is 0.198 e. The molecule has 5 heteroatoms. The van der Waals surface area contributed by atoms with Crippen LogP contribution in [-0.4, -0.2) is 10.7 Å². The van der Waals surface area contributed by atoms with Crippen LogP contribution in [0.3, 0.4) is 0 Å². The highest BCUT2D eigenvalue weighted by Gasteiger charge is 2.33. The molecule has 0 bridgehead atoms. The standard InChI is InChI=1S/C16H34O.C12H6F4/c1-6-7-8-9-10-11-12-13-16(17,14(2)3)15(4)5;13-9-6-8(7-4-2-1-3-5-7)10(14)12(16)11(9)15/h14-15,17H,6-13H2,1-5H3;1-6H. The molecule has 1 N–H and O–H groups in total. The van der Waals surface area contributed by atoms with Crippen LogP contribution in [-0.2, 0) is 0 Å². The lowest BCUT2D eigenvalue weighted by Crippen LogP contribution is -2.40. The molecular weight excluding hydrogens is 428 g/mol. The maximum atomic E-state index is 13.3. The largest absolute Gasteiger partial charge is 0.389 e. The molecule has 0 spiro atoms. The Labute approximate surface area is 197 Å². The highest BCUT2D eigenvalue weighted by Crippen LogP contribution is 2.31. The summed E-state index contributed by atoms with van der Waals surface area (Å²) in [4.78, 5) is 0. The van der Waals surface area contributed by atoms with Gasteiger partial charge in [-0.05, 0) is 29.9 Å². The van der Waals surface area contributed by atoms with Crippen molar-refractivity contribution in [2.24, 2.45) is 11.8 Å². The summed E-state index contributed by atoms with van der Waals surface area (Å²) < 4.78 is 51.9. The van der Waals surface area contributed by atoms with E-state index in [-0.39, 0.29) is 11.1 Å². The van der Waals surface area contributed by atoms with Gasteiger partial charge in [0.15, 0.2) is 23.3 Å². The molecular formula is C28H40F4O. The fraction of sp³-hybridized carbons (Fsp3) is 0.571. The van der Waals surface area contributed by atoms with Gasteiger partial charge in [-0.1, -0.05) is 110 Å². The Kier molecular flexibility index (Phi) is 12.7. The minimum atomic E-state index is -1.79. The molecule has 33 heavy (non-hydrogen) atoms. The van der Waals surface area contributed by atoms with Crippen LogP contribution >= 0.6 is 0 Å². The van der Waals surface area contributed by atoms with Crippen LogP contribution in [0.5, 0.6) is 0 Å². The van der Waals surface area contributed by atoms with Crippen LogP contribution in [0.4, 0.5) is 17.6 Å². The zero-order chi connectivity index (χ0) is 25.0. The topological polar surface area (TPSA) is 20.2 Å². The quantitative estimate of drug-likeness (QED) is 0.151. The van der Waals surface area contributed by atoms with Crippen molar-refractivity contribution in [2.75, 3.05) is 0 Å². The van der Waals surface area contributed by atoms with Gasteiger partial charge in [-0.25, -0.2) is 17.6 Å². The van der Waals surface area contributed by atoms with Gasteiger partial charge in [0.25, 0.3) is 0 Å². The predicted octanol–water partition coefficient (Wildman–Crippen LogP) is 9.08. The van der Waals surface area contributed by atoms with E-state index in [2.05, 4.69) is 34.6 Å². The SMILES string of the molecule is CCCCCCCCCC(O)(C(C)C)C(C)C.Fc1cc(-c2ccccc2)c(F)c(F)c1F. The molecule has 0 saturated carbocycles. The average Bonchev–Trinajstić information content (AvgIpc) is 2.80. The zero-order valence-corrected chi connectivity index (χ0v) is 20.7. The lowest BCUT2D eigenvalue weighted by atomic mass is 9.77. The predicted molar refractivity (Wildman–Crippen MR) is 129 cm³/mol. The fourth-order valence-electron chi connectivity index (χ4n) is 4.01. The first-order valence-electron chi connectivity index (χ1n) is 12.2. The maximum absolute atomic E-state index is 13.3. The number of rotatable bonds is 11. The molecule has 0 aromatic heterocycles. The van der Waals surface area contributed by atoms with E-state index >= 15 is 0 Å². The van der Waals surface area contributed by atoms with E-state index in [9.17, 15) is 22.7 Å². The third kappa shape index (κ3) is 8.77. The zero-order valence-electron chi connectivity index (χ0n) is 20.7. The van der Waals surface area contributed by atoms with Crippen molar-refractivity contribution >= 4 is 0 Å². The van der Waals surface area contributed by atoms with Gasteiger partial charge < -0.3 is 5.11 Å². The minimum absolute atomic E-state index is 0.290. The molecule has 1 nitrogen and oxygen atoms in total. The van der Waals surface area contributed by atoms with Crippen LogP contribution < -0.4 is 0 Å². The van der Waals surface area contributed by atoms with Crippen molar-refractivity contribution in [3.05, 3.63) is 59.7 Å². The molecule has 0 heterocycles. The van der Waals surface area contributed by atoms with Crippen molar-refractivity contribution in [3.63, 3.8) is 0 Å². The van der Waals surface area contributed by atoms with Crippen molar-refractivity contribution in [2.45, 2.75) is 91.6 Å². The van der Waals surface area contributed by atoms with E-state index in [1.165, 1.54) is 57.1 Å². The van der Waals surface area contributed by atoms with Gasteiger partial charge in [0.2, 0.25) is 0 Å². The van der Waals surface area contributed by atoms with Gasteiger partial charge in [0.05, 0.1) is 5.60 Å². The third-order valence-corrected chi connectivity index (χ3v) is 6.37. The van der Waals surface area contributed by atoms with Gasteiger partial charge in [-0.3, -0.25) is 0 Å². The monoisotopic (exact) mass is 468 g/mol. The van der Waals surface area contributed by atoms with Gasteiger partial charge in [0, 0.05) is 5.56 Å². The summed E-state index contributed by atoms with van der Waals surface area (Å²) in [5, 5.41) is 10.6. The van der Waals surface area contributed by atoms with E-state index in [4.69, 9.17) is 0 Å². The molecule has 0 unspecified atom stereocenters. The molecule has 2 rings (SSSR count).